The lowest BCUT2D eigenvalue weighted by Gasteiger charge is -2.18. The maximum absolute atomic E-state index is 14.5. The molecule has 2 aromatic carbocycles. The Balaban J connectivity index is 1.62. The fraction of sp³-hybridized carbons (Fsp3) is 0.360. The van der Waals surface area contributed by atoms with Crippen molar-refractivity contribution in [3.63, 3.8) is 0 Å². The number of nitrogens with zero attached hydrogens (tertiary/aromatic N) is 1. The van der Waals surface area contributed by atoms with Crippen LogP contribution in [0.5, 0.6) is 5.75 Å². The van der Waals surface area contributed by atoms with Crippen LogP contribution in [0.15, 0.2) is 47.8 Å². The Morgan fingerprint density at radius 2 is 1.91 bits per heavy atom. The standard InChI is InChI=1S/C25H28FNO4S/c1-5-30-22(24(28)29)13-16-6-11-21(20(26)12-16)31-14-19-15-32-23(27-19)17-7-9-18(10-8-17)25(2,3)4/h6-12,15,22H,5,13-14H2,1-4H3,(H,28,29). The molecule has 0 radical (unpaired) electrons. The van der Waals surface area contributed by atoms with Crippen LogP contribution in [0.25, 0.3) is 10.6 Å². The molecule has 1 N–H and O–H groups in total. The number of benzene rings is 2. The molecule has 1 heterocycles. The Kier molecular flexibility index (Phi) is 7.64. The van der Waals surface area contributed by atoms with E-state index in [4.69, 9.17) is 9.47 Å². The van der Waals surface area contributed by atoms with Crippen LogP contribution in [-0.4, -0.2) is 28.8 Å². The van der Waals surface area contributed by atoms with Crippen molar-refractivity contribution in [1.29, 1.82) is 0 Å². The highest BCUT2D eigenvalue weighted by Crippen LogP contribution is 2.28. The van der Waals surface area contributed by atoms with E-state index in [9.17, 15) is 14.3 Å². The van der Waals surface area contributed by atoms with E-state index in [2.05, 4.69) is 50.0 Å². The molecule has 0 amide bonds. The molecule has 0 bridgehead atoms. The monoisotopic (exact) mass is 457 g/mol. The number of ether oxygens (including phenoxy) is 2. The third kappa shape index (κ3) is 6.14. The number of hydrogen-bond donors (Lipinski definition) is 1. The summed E-state index contributed by atoms with van der Waals surface area (Å²) in [6.07, 6.45) is -0.916. The summed E-state index contributed by atoms with van der Waals surface area (Å²) in [5.41, 5.74) is 3.64. The van der Waals surface area contributed by atoms with Crippen molar-refractivity contribution in [1.82, 2.24) is 4.98 Å². The molecule has 0 saturated heterocycles. The van der Waals surface area contributed by atoms with Gasteiger partial charge in [0, 0.05) is 24.0 Å². The van der Waals surface area contributed by atoms with Gasteiger partial charge in [0.05, 0.1) is 5.69 Å². The molecular formula is C25H28FNO4S. The number of carbonyl (C=O) groups is 1. The molecule has 170 valence electrons. The fourth-order valence-corrected chi connectivity index (χ4v) is 4.00. The highest BCUT2D eigenvalue weighted by atomic mass is 32.1. The third-order valence-corrected chi connectivity index (χ3v) is 5.93. The first-order valence-corrected chi connectivity index (χ1v) is 11.4. The molecule has 0 fully saturated rings. The van der Waals surface area contributed by atoms with Gasteiger partial charge in [-0.25, -0.2) is 14.2 Å². The maximum atomic E-state index is 14.5. The second-order valence-electron chi connectivity index (χ2n) is 8.51. The maximum Gasteiger partial charge on any atom is 0.333 e. The summed E-state index contributed by atoms with van der Waals surface area (Å²) >= 11 is 1.52. The summed E-state index contributed by atoms with van der Waals surface area (Å²) in [6, 6.07) is 12.8. The molecular weight excluding hydrogens is 429 g/mol. The highest BCUT2D eigenvalue weighted by Gasteiger charge is 2.19. The molecule has 1 atom stereocenters. The van der Waals surface area contributed by atoms with Gasteiger partial charge in [-0.15, -0.1) is 11.3 Å². The Morgan fingerprint density at radius 1 is 1.19 bits per heavy atom. The normalized spacial score (nSPS) is 12.5. The van der Waals surface area contributed by atoms with E-state index in [0.29, 0.717) is 5.56 Å². The van der Waals surface area contributed by atoms with Gasteiger partial charge in [-0.3, -0.25) is 0 Å². The first kappa shape index (κ1) is 23.9. The first-order chi connectivity index (χ1) is 15.2. The van der Waals surface area contributed by atoms with Crippen molar-refractivity contribution in [2.45, 2.75) is 52.2 Å². The molecule has 5 nitrogen and oxygen atoms in total. The van der Waals surface area contributed by atoms with Gasteiger partial charge in [0.15, 0.2) is 17.7 Å². The molecule has 3 aromatic rings. The molecule has 0 saturated carbocycles. The zero-order chi connectivity index (χ0) is 23.3. The van der Waals surface area contributed by atoms with E-state index in [1.54, 1.807) is 13.0 Å². The van der Waals surface area contributed by atoms with Crippen LogP contribution >= 0.6 is 11.3 Å². The number of aliphatic carboxylic acids is 1. The van der Waals surface area contributed by atoms with Gasteiger partial charge in [0.25, 0.3) is 0 Å². The molecule has 0 spiro atoms. The number of rotatable bonds is 9. The van der Waals surface area contributed by atoms with Gasteiger partial charge < -0.3 is 14.6 Å². The molecule has 1 aromatic heterocycles. The minimum atomic E-state index is -1.07. The van der Waals surface area contributed by atoms with E-state index < -0.39 is 17.9 Å². The lowest BCUT2D eigenvalue weighted by Crippen LogP contribution is -2.26. The minimum absolute atomic E-state index is 0.0871. The lowest BCUT2D eigenvalue weighted by atomic mass is 9.87. The predicted molar refractivity (Wildman–Crippen MR) is 124 cm³/mol. The highest BCUT2D eigenvalue weighted by molar-refractivity contribution is 7.13. The zero-order valence-corrected chi connectivity index (χ0v) is 19.5. The Hall–Kier alpha value is -2.77. The van der Waals surface area contributed by atoms with Crippen LogP contribution in [0.3, 0.4) is 0 Å². The molecule has 7 heteroatoms. The van der Waals surface area contributed by atoms with E-state index in [0.717, 1.165) is 16.3 Å². The topological polar surface area (TPSA) is 68.7 Å². The van der Waals surface area contributed by atoms with Crippen molar-refractivity contribution < 1.29 is 23.8 Å². The fourth-order valence-electron chi connectivity index (χ4n) is 3.19. The van der Waals surface area contributed by atoms with Gasteiger partial charge >= 0.3 is 5.97 Å². The second kappa shape index (κ2) is 10.2. The summed E-state index contributed by atoms with van der Waals surface area (Å²) < 4.78 is 25.3. The van der Waals surface area contributed by atoms with Crippen LogP contribution in [-0.2, 0) is 28.0 Å². The predicted octanol–water partition coefficient (Wildman–Crippen LogP) is 5.86. The molecule has 0 aliphatic carbocycles. The Morgan fingerprint density at radius 3 is 2.50 bits per heavy atom. The summed E-state index contributed by atoms with van der Waals surface area (Å²) in [6.45, 7) is 8.67. The largest absolute Gasteiger partial charge is 0.484 e. The van der Waals surface area contributed by atoms with E-state index >= 15 is 0 Å². The van der Waals surface area contributed by atoms with Crippen molar-refractivity contribution in [3.05, 3.63) is 70.5 Å². The SMILES string of the molecule is CCOC(Cc1ccc(OCc2csc(-c3ccc(C(C)(C)C)cc3)n2)c(F)c1)C(=O)O. The van der Waals surface area contributed by atoms with Crippen molar-refractivity contribution in [2.75, 3.05) is 6.61 Å². The van der Waals surface area contributed by atoms with Crippen LogP contribution in [0.1, 0.15) is 44.5 Å². The average Bonchev–Trinajstić information content (AvgIpc) is 3.21. The van der Waals surface area contributed by atoms with Crippen LogP contribution in [0.2, 0.25) is 0 Å². The summed E-state index contributed by atoms with van der Waals surface area (Å²) in [4.78, 5) is 15.8. The third-order valence-electron chi connectivity index (χ3n) is 4.99. The molecule has 1 unspecified atom stereocenters. The quantitative estimate of drug-likeness (QED) is 0.436. The number of thiazole rings is 1. The number of aromatic nitrogens is 1. The lowest BCUT2D eigenvalue weighted by molar-refractivity contribution is -0.149. The smallest absolute Gasteiger partial charge is 0.333 e. The zero-order valence-electron chi connectivity index (χ0n) is 18.7. The van der Waals surface area contributed by atoms with Crippen LogP contribution < -0.4 is 4.74 Å². The molecule has 3 rings (SSSR count). The van der Waals surface area contributed by atoms with Crippen molar-refractivity contribution in [2.24, 2.45) is 0 Å². The van der Waals surface area contributed by atoms with Gasteiger partial charge in [-0.05, 0) is 35.6 Å². The van der Waals surface area contributed by atoms with E-state index in [-0.39, 0.29) is 30.8 Å². The average molecular weight is 458 g/mol. The Labute approximate surface area is 191 Å². The molecule has 32 heavy (non-hydrogen) atoms. The number of carboxylic acids is 1. The van der Waals surface area contributed by atoms with E-state index in [1.807, 2.05) is 5.38 Å². The van der Waals surface area contributed by atoms with E-state index in [1.165, 1.54) is 29.0 Å². The van der Waals surface area contributed by atoms with Crippen molar-refractivity contribution in [3.8, 4) is 16.3 Å². The minimum Gasteiger partial charge on any atom is -0.484 e. The van der Waals surface area contributed by atoms with Gasteiger partial charge in [-0.2, -0.15) is 0 Å². The first-order valence-electron chi connectivity index (χ1n) is 10.5. The van der Waals surface area contributed by atoms with Gasteiger partial charge in [0.1, 0.15) is 11.6 Å². The number of carboxylic acid groups (broad SMARTS) is 1. The summed E-state index contributed by atoms with van der Waals surface area (Å²) in [5, 5.41) is 12.0. The molecule has 0 aliphatic heterocycles. The summed E-state index contributed by atoms with van der Waals surface area (Å²) in [7, 11) is 0. The molecule has 0 aliphatic rings. The number of halogens is 1. The van der Waals surface area contributed by atoms with Gasteiger partial charge in [0.2, 0.25) is 0 Å². The van der Waals surface area contributed by atoms with Crippen LogP contribution in [0.4, 0.5) is 4.39 Å². The number of hydrogen-bond acceptors (Lipinski definition) is 5. The second-order valence-corrected chi connectivity index (χ2v) is 9.37. The van der Waals surface area contributed by atoms with Crippen molar-refractivity contribution >= 4 is 17.3 Å². The Bertz CT molecular complexity index is 1060. The summed E-state index contributed by atoms with van der Waals surface area (Å²) in [5.74, 6) is -1.52. The van der Waals surface area contributed by atoms with Crippen LogP contribution in [0, 0.1) is 5.82 Å². The van der Waals surface area contributed by atoms with Gasteiger partial charge in [-0.1, -0.05) is 51.1 Å².